The molecule has 0 spiro atoms. The molecular weight excluding hydrogens is 281 g/mol. The van der Waals surface area contributed by atoms with Gasteiger partial charge in [-0.3, -0.25) is 0 Å². The van der Waals surface area contributed by atoms with Crippen molar-refractivity contribution in [3.8, 4) is 0 Å². The van der Waals surface area contributed by atoms with Crippen LogP contribution in [0.15, 0.2) is 23.8 Å². The van der Waals surface area contributed by atoms with Crippen LogP contribution in [-0.4, -0.2) is 26.8 Å². The van der Waals surface area contributed by atoms with Crippen LogP contribution in [0.25, 0.3) is 6.08 Å². The van der Waals surface area contributed by atoms with Gasteiger partial charge in [0, 0.05) is 30.2 Å². The summed E-state index contributed by atoms with van der Waals surface area (Å²) in [5.41, 5.74) is 2.35. The topological polar surface area (TPSA) is 21.3 Å². The minimum atomic E-state index is 0.466. The third-order valence-electron chi connectivity index (χ3n) is 2.79. The number of hydrogen-bond donors (Lipinski definition) is 1. The highest BCUT2D eigenvalue weighted by Crippen LogP contribution is 2.22. The van der Waals surface area contributed by atoms with Crippen LogP contribution in [0.2, 0.25) is 10.0 Å². The summed E-state index contributed by atoms with van der Waals surface area (Å²) in [7, 11) is 1.70. The quantitative estimate of drug-likeness (QED) is 0.760. The highest BCUT2D eigenvalue weighted by atomic mass is 35.5. The molecule has 0 bridgehead atoms. The van der Waals surface area contributed by atoms with Crippen molar-refractivity contribution < 1.29 is 4.74 Å². The average molecular weight is 302 g/mol. The largest absolute Gasteiger partial charge is 0.383 e. The van der Waals surface area contributed by atoms with Crippen LogP contribution in [0.3, 0.4) is 0 Å². The molecule has 0 aliphatic rings. The van der Waals surface area contributed by atoms with Crippen LogP contribution in [-0.2, 0) is 4.74 Å². The summed E-state index contributed by atoms with van der Waals surface area (Å²) >= 11 is 12.0. The van der Waals surface area contributed by atoms with E-state index in [0.29, 0.717) is 22.6 Å². The zero-order chi connectivity index (χ0) is 14.3. The third kappa shape index (κ3) is 6.44. The van der Waals surface area contributed by atoms with Crippen molar-refractivity contribution in [2.45, 2.75) is 13.8 Å². The fourth-order valence-electron chi connectivity index (χ4n) is 1.70. The first kappa shape index (κ1) is 16.5. The van der Waals surface area contributed by atoms with E-state index in [-0.39, 0.29) is 0 Å². The van der Waals surface area contributed by atoms with E-state index in [1.807, 2.05) is 12.1 Å². The van der Waals surface area contributed by atoms with Gasteiger partial charge in [-0.15, -0.1) is 0 Å². The molecule has 1 aromatic carbocycles. The first-order valence-corrected chi connectivity index (χ1v) is 7.14. The lowest BCUT2D eigenvalue weighted by Crippen LogP contribution is -2.23. The summed E-state index contributed by atoms with van der Waals surface area (Å²) in [4.78, 5) is 0. The van der Waals surface area contributed by atoms with Gasteiger partial charge in [0.2, 0.25) is 0 Å². The van der Waals surface area contributed by atoms with E-state index in [9.17, 15) is 0 Å². The van der Waals surface area contributed by atoms with Gasteiger partial charge < -0.3 is 10.1 Å². The van der Waals surface area contributed by atoms with E-state index in [4.69, 9.17) is 27.9 Å². The minimum absolute atomic E-state index is 0.466. The molecule has 0 atom stereocenters. The van der Waals surface area contributed by atoms with Crippen molar-refractivity contribution >= 4 is 29.3 Å². The van der Waals surface area contributed by atoms with Gasteiger partial charge in [-0.25, -0.2) is 0 Å². The van der Waals surface area contributed by atoms with Crippen LogP contribution in [0, 0.1) is 5.92 Å². The van der Waals surface area contributed by atoms with E-state index in [1.165, 1.54) is 5.57 Å². The first-order valence-electron chi connectivity index (χ1n) is 6.39. The summed E-state index contributed by atoms with van der Waals surface area (Å²) in [5.74, 6) is 0.466. The Labute approximate surface area is 125 Å². The maximum Gasteiger partial charge on any atom is 0.0587 e. The number of rotatable bonds is 7. The SMILES string of the molecule is COCCNCC(=Cc1cc(Cl)cc(Cl)c1)C(C)C. The summed E-state index contributed by atoms with van der Waals surface area (Å²) in [5, 5.41) is 4.68. The molecule has 0 aromatic heterocycles. The second kappa shape index (κ2) is 8.60. The molecule has 106 valence electrons. The van der Waals surface area contributed by atoms with Crippen molar-refractivity contribution in [1.29, 1.82) is 0 Å². The van der Waals surface area contributed by atoms with Gasteiger partial charge in [0.25, 0.3) is 0 Å². The molecule has 2 nitrogen and oxygen atoms in total. The van der Waals surface area contributed by atoms with E-state index < -0.39 is 0 Å². The van der Waals surface area contributed by atoms with Gasteiger partial charge >= 0.3 is 0 Å². The van der Waals surface area contributed by atoms with Gasteiger partial charge in [-0.2, -0.15) is 0 Å². The lowest BCUT2D eigenvalue weighted by Gasteiger charge is -2.13. The second-order valence-corrected chi connectivity index (χ2v) is 5.62. The Balaban J connectivity index is 2.76. The van der Waals surface area contributed by atoms with Crippen LogP contribution in [0.5, 0.6) is 0 Å². The molecular formula is C15H21Cl2NO. The summed E-state index contributed by atoms with van der Waals surface area (Å²) in [6, 6.07) is 5.59. The highest BCUT2D eigenvalue weighted by Gasteiger charge is 2.04. The van der Waals surface area contributed by atoms with E-state index in [2.05, 4.69) is 25.2 Å². The average Bonchev–Trinajstić information content (AvgIpc) is 2.31. The molecule has 0 heterocycles. The van der Waals surface area contributed by atoms with Gasteiger partial charge in [0.1, 0.15) is 0 Å². The van der Waals surface area contributed by atoms with Crippen molar-refractivity contribution in [2.75, 3.05) is 26.8 Å². The molecule has 0 fully saturated rings. The van der Waals surface area contributed by atoms with Gasteiger partial charge in [-0.1, -0.05) is 48.7 Å². The standard InChI is InChI=1S/C15H21Cl2NO/c1-11(2)13(10-18-4-5-19-3)6-12-7-14(16)9-15(17)8-12/h6-9,11,18H,4-5,10H2,1-3H3. The molecule has 0 saturated carbocycles. The zero-order valence-corrected chi connectivity index (χ0v) is 13.2. The van der Waals surface area contributed by atoms with Crippen LogP contribution < -0.4 is 5.32 Å². The maximum atomic E-state index is 6.01. The van der Waals surface area contributed by atoms with Crippen LogP contribution >= 0.6 is 23.2 Å². The number of halogens is 2. The molecule has 0 saturated heterocycles. The molecule has 1 rings (SSSR count). The molecule has 1 aromatic rings. The fraction of sp³-hybridized carbons (Fsp3) is 0.467. The molecule has 0 aliphatic carbocycles. The number of methoxy groups -OCH3 is 1. The molecule has 0 aliphatic heterocycles. The lowest BCUT2D eigenvalue weighted by atomic mass is 10.0. The van der Waals surface area contributed by atoms with Gasteiger partial charge in [-0.05, 0) is 29.7 Å². The molecule has 0 amide bonds. The Morgan fingerprint density at radius 3 is 2.42 bits per heavy atom. The Morgan fingerprint density at radius 1 is 1.26 bits per heavy atom. The minimum Gasteiger partial charge on any atom is -0.383 e. The smallest absolute Gasteiger partial charge is 0.0587 e. The van der Waals surface area contributed by atoms with E-state index in [0.717, 1.165) is 18.7 Å². The van der Waals surface area contributed by atoms with Crippen molar-refractivity contribution in [3.05, 3.63) is 39.4 Å². The van der Waals surface area contributed by atoms with E-state index >= 15 is 0 Å². The van der Waals surface area contributed by atoms with Crippen molar-refractivity contribution in [1.82, 2.24) is 5.32 Å². The summed E-state index contributed by atoms with van der Waals surface area (Å²) < 4.78 is 5.02. The Hall–Kier alpha value is -0.540. The predicted octanol–water partition coefficient (Wildman–Crippen LogP) is 4.27. The molecule has 0 unspecified atom stereocenters. The second-order valence-electron chi connectivity index (χ2n) is 4.75. The lowest BCUT2D eigenvalue weighted by molar-refractivity contribution is 0.200. The highest BCUT2D eigenvalue weighted by molar-refractivity contribution is 6.34. The monoisotopic (exact) mass is 301 g/mol. The normalized spacial score (nSPS) is 12.2. The number of nitrogens with one attached hydrogen (secondary N) is 1. The zero-order valence-electron chi connectivity index (χ0n) is 11.7. The molecule has 0 radical (unpaired) electrons. The van der Waals surface area contributed by atoms with E-state index in [1.54, 1.807) is 13.2 Å². The number of ether oxygens (including phenoxy) is 1. The third-order valence-corrected chi connectivity index (χ3v) is 3.23. The Morgan fingerprint density at radius 2 is 1.89 bits per heavy atom. The van der Waals surface area contributed by atoms with Crippen LogP contribution in [0.4, 0.5) is 0 Å². The Bertz CT molecular complexity index is 410. The first-order chi connectivity index (χ1) is 9.02. The molecule has 19 heavy (non-hydrogen) atoms. The molecule has 4 heteroatoms. The predicted molar refractivity (Wildman–Crippen MR) is 84.0 cm³/mol. The summed E-state index contributed by atoms with van der Waals surface area (Å²) in [6.45, 7) is 6.75. The van der Waals surface area contributed by atoms with Crippen LogP contribution in [0.1, 0.15) is 19.4 Å². The Kier molecular flexibility index (Phi) is 7.47. The fourth-order valence-corrected chi connectivity index (χ4v) is 2.24. The van der Waals surface area contributed by atoms with Crippen molar-refractivity contribution in [2.24, 2.45) is 5.92 Å². The number of benzene rings is 1. The van der Waals surface area contributed by atoms with Gasteiger partial charge in [0.05, 0.1) is 6.61 Å². The number of hydrogen-bond acceptors (Lipinski definition) is 2. The van der Waals surface area contributed by atoms with Crippen molar-refractivity contribution in [3.63, 3.8) is 0 Å². The summed E-state index contributed by atoms with van der Waals surface area (Å²) in [6.07, 6.45) is 2.14. The maximum absolute atomic E-state index is 6.01. The molecule has 1 N–H and O–H groups in total. The van der Waals surface area contributed by atoms with Gasteiger partial charge in [0.15, 0.2) is 0 Å².